The normalized spacial score (nSPS) is 11.4. The standard InChI is InChI=1S/C56H37NO/c1-2-13-38(14-3-1)39-27-29-42(30-28-39)49-21-8-9-25-53(49)57(46-19-10-18-44(37-46)48-23-11-17-40-15-4-6-20-47(40)48)45-34-31-43(32-35-45)50-24-12-26-54-55(50)52-36-33-41-16-5-7-22-51(41)56(52)58-54/h1-37H. The number of rotatable bonds is 7. The Morgan fingerprint density at radius 1 is 0.310 bits per heavy atom. The van der Waals surface area contributed by atoms with Crippen LogP contribution in [0.25, 0.3) is 88.0 Å². The van der Waals surface area contributed by atoms with E-state index in [9.17, 15) is 0 Å². The number of hydrogen-bond acceptors (Lipinski definition) is 2. The predicted octanol–water partition coefficient (Wildman–Crippen LogP) is 16.0. The Balaban J connectivity index is 1.06. The minimum atomic E-state index is 0.895. The molecule has 0 aliphatic rings. The molecule has 10 aromatic carbocycles. The van der Waals surface area contributed by atoms with Gasteiger partial charge < -0.3 is 9.32 Å². The number of anilines is 3. The van der Waals surface area contributed by atoms with Crippen LogP contribution in [0.5, 0.6) is 0 Å². The average molecular weight is 740 g/mol. The van der Waals surface area contributed by atoms with Crippen LogP contribution in [0.3, 0.4) is 0 Å². The minimum Gasteiger partial charge on any atom is -0.455 e. The maximum absolute atomic E-state index is 6.56. The van der Waals surface area contributed by atoms with E-state index in [1.807, 2.05) is 0 Å². The first kappa shape index (κ1) is 33.6. The highest BCUT2D eigenvalue weighted by Crippen LogP contribution is 2.44. The largest absolute Gasteiger partial charge is 0.455 e. The van der Waals surface area contributed by atoms with Crippen LogP contribution in [0, 0.1) is 0 Å². The van der Waals surface area contributed by atoms with Crippen molar-refractivity contribution in [3.8, 4) is 44.5 Å². The van der Waals surface area contributed by atoms with Gasteiger partial charge in [0.2, 0.25) is 0 Å². The molecular weight excluding hydrogens is 703 g/mol. The van der Waals surface area contributed by atoms with E-state index in [1.54, 1.807) is 0 Å². The van der Waals surface area contributed by atoms with Crippen LogP contribution in [-0.4, -0.2) is 0 Å². The smallest absolute Gasteiger partial charge is 0.143 e. The van der Waals surface area contributed by atoms with Gasteiger partial charge in [0, 0.05) is 33.1 Å². The number of fused-ring (bicyclic) bond motifs is 6. The van der Waals surface area contributed by atoms with E-state index in [-0.39, 0.29) is 0 Å². The first-order valence-electron chi connectivity index (χ1n) is 19.8. The number of furan rings is 1. The Hall–Kier alpha value is -7.68. The summed E-state index contributed by atoms with van der Waals surface area (Å²) in [4.78, 5) is 2.40. The fraction of sp³-hybridized carbons (Fsp3) is 0. The molecule has 0 saturated carbocycles. The van der Waals surface area contributed by atoms with Crippen LogP contribution in [0.1, 0.15) is 0 Å². The molecule has 0 N–H and O–H groups in total. The lowest BCUT2D eigenvalue weighted by molar-refractivity contribution is 0.673. The molecule has 0 amide bonds. The van der Waals surface area contributed by atoms with Crippen molar-refractivity contribution in [3.63, 3.8) is 0 Å². The molecule has 272 valence electrons. The van der Waals surface area contributed by atoms with E-state index in [1.165, 1.54) is 38.4 Å². The molecule has 0 atom stereocenters. The third kappa shape index (κ3) is 5.82. The zero-order valence-electron chi connectivity index (χ0n) is 31.7. The Kier molecular flexibility index (Phi) is 8.19. The third-order valence-electron chi connectivity index (χ3n) is 11.5. The molecule has 1 heterocycles. The Labute approximate surface area is 337 Å². The molecule has 0 radical (unpaired) electrons. The van der Waals surface area contributed by atoms with Crippen molar-refractivity contribution >= 4 is 60.5 Å². The Morgan fingerprint density at radius 2 is 0.879 bits per heavy atom. The monoisotopic (exact) mass is 739 g/mol. The van der Waals surface area contributed by atoms with Crippen LogP contribution in [0.2, 0.25) is 0 Å². The molecule has 2 nitrogen and oxygen atoms in total. The van der Waals surface area contributed by atoms with E-state index in [2.05, 4.69) is 229 Å². The topological polar surface area (TPSA) is 16.4 Å². The number of benzene rings is 10. The summed E-state index contributed by atoms with van der Waals surface area (Å²) < 4.78 is 6.56. The maximum atomic E-state index is 6.56. The van der Waals surface area contributed by atoms with Crippen molar-refractivity contribution in [1.29, 1.82) is 0 Å². The van der Waals surface area contributed by atoms with E-state index in [4.69, 9.17) is 4.42 Å². The van der Waals surface area contributed by atoms with Gasteiger partial charge in [-0.2, -0.15) is 0 Å². The second-order valence-electron chi connectivity index (χ2n) is 14.9. The van der Waals surface area contributed by atoms with Gasteiger partial charge in [-0.25, -0.2) is 0 Å². The highest BCUT2D eigenvalue weighted by molar-refractivity contribution is 6.19. The third-order valence-corrected chi connectivity index (χ3v) is 11.5. The van der Waals surface area contributed by atoms with Crippen LogP contribution < -0.4 is 4.90 Å². The van der Waals surface area contributed by atoms with Gasteiger partial charge in [-0.15, -0.1) is 0 Å². The van der Waals surface area contributed by atoms with Crippen molar-refractivity contribution in [2.75, 3.05) is 4.90 Å². The second kappa shape index (κ2) is 14.1. The molecule has 11 rings (SSSR count). The summed E-state index contributed by atoms with van der Waals surface area (Å²) in [5.41, 5.74) is 14.5. The highest BCUT2D eigenvalue weighted by atomic mass is 16.3. The van der Waals surface area contributed by atoms with Gasteiger partial charge in [0.25, 0.3) is 0 Å². The molecule has 0 aliphatic heterocycles. The Morgan fingerprint density at radius 3 is 1.72 bits per heavy atom. The molecule has 0 bridgehead atoms. The highest BCUT2D eigenvalue weighted by Gasteiger charge is 2.20. The molecular formula is C56H37NO. The molecule has 0 unspecified atom stereocenters. The molecule has 0 aliphatic carbocycles. The van der Waals surface area contributed by atoms with Crippen molar-refractivity contribution in [2.45, 2.75) is 0 Å². The molecule has 2 heteroatoms. The van der Waals surface area contributed by atoms with E-state index in [0.29, 0.717) is 0 Å². The summed E-state index contributed by atoms with van der Waals surface area (Å²) in [6.07, 6.45) is 0. The van der Waals surface area contributed by atoms with Crippen LogP contribution in [-0.2, 0) is 0 Å². The fourth-order valence-electron chi connectivity index (χ4n) is 8.69. The fourth-order valence-corrected chi connectivity index (χ4v) is 8.69. The van der Waals surface area contributed by atoms with Gasteiger partial charge in [-0.3, -0.25) is 0 Å². The van der Waals surface area contributed by atoms with Crippen molar-refractivity contribution in [1.82, 2.24) is 0 Å². The van der Waals surface area contributed by atoms with Gasteiger partial charge in [-0.05, 0) is 97.6 Å². The summed E-state index contributed by atoms with van der Waals surface area (Å²) in [5.74, 6) is 0. The SMILES string of the molecule is c1ccc(-c2ccc(-c3ccccc3N(c3ccc(-c4cccc5oc6c7ccccc7ccc6c45)cc3)c3cccc(-c4cccc5ccccc45)c3)cc2)cc1. The maximum Gasteiger partial charge on any atom is 0.143 e. The van der Waals surface area contributed by atoms with Gasteiger partial charge >= 0.3 is 0 Å². The lowest BCUT2D eigenvalue weighted by Gasteiger charge is -2.28. The second-order valence-corrected chi connectivity index (χ2v) is 14.9. The molecule has 0 fully saturated rings. The zero-order chi connectivity index (χ0) is 38.4. The van der Waals surface area contributed by atoms with E-state index < -0.39 is 0 Å². The van der Waals surface area contributed by atoms with Gasteiger partial charge in [0.05, 0.1) is 5.69 Å². The van der Waals surface area contributed by atoms with Crippen LogP contribution >= 0.6 is 0 Å². The number of hydrogen-bond donors (Lipinski definition) is 0. The number of para-hydroxylation sites is 1. The van der Waals surface area contributed by atoms with Crippen molar-refractivity contribution in [3.05, 3.63) is 224 Å². The zero-order valence-corrected chi connectivity index (χ0v) is 31.7. The lowest BCUT2D eigenvalue weighted by atomic mass is 9.96. The lowest BCUT2D eigenvalue weighted by Crippen LogP contribution is -2.11. The molecule has 11 aromatic rings. The first-order chi connectivity index (χ1) is 28.8. The van der Waals surface area contributed by atoms with Gasteiger partial charge in [0.15, 0.2) is 0 Å². The quantitative estimate of drug-likeness (QED) is 0.162. The summed E-state index contributed by atoms with van der Waals surface area (Å²) in [7, 11) is 0. The van der Waals surface area contributed by atoms with Crippen molar-refractivity contribution in [2.24, 2.45) is 0 Å². The van der Waals surface area contributed by atoms with Crippen LogP contribution in [0.4, 0.5) is 17.1 Å². The van der Waals surface area contributed by atoms with E-state index >= 15 is 0 Å². The molecule has 0 spiro atoms. The van der Waals surface area contributed by atoms with Crippen LogP contribution in [0.15, 0.2) is 229 Å². The van der Waals surface area contributed by atoms with E-state index in [0.717, 1.165) is 66.6 Å². The van der Waals surface area contributed by atoms with Crippen molar-refractivity contribution < 1.29 is 4.42 Å². The predicted molar refractivity (Wildman–Crippen MR) is 245 cm³/mol. The Bertz CT molecular complexity index is 3260. The summed E-state index contributed by atoms with van der Waals surface area (Å²) in [6, 6.07) is 80.7. The summed E-state index contributed by atoms with van der Waals surface area (Å²) in [5, 5.41) is 7.05. The minimum absolute atomic E-state index is 0.895. The average Bonchev–Trinajstić information content (AvgIpc) is 3.70. The van der Waals surface area contributed by atoms with Gasteiger partial charge in [0.1, 0.15) is 11.2 Å². The molecule has 0 saturated heterocycles. The molecule has 58 heavy (non-hydrogen) atoms. The first-order valence-corrected chi connectivity index (χ1v) is 19.8. The molecule has 1 aromatic heterocycles. The summed E-state index contributed by atoms with van der Waals surface area (Å²) in [6.45, 7) is 0. The number of nitrogens with zero attached hydrogens (tertiary/aromatic N) is 1. The van der Waals surface area contributed by atoms with Gasteiger partial charge in [-0.1, -0.05) is 182 Å². The summed E-state index contributed by atoms with van der Waals surface area (Å²) >= 11 is 0.